The Morgan fingerprint density at radius 1 is 0.714 bits per heavy atom. The van der Waals surface area contributed by atoms with Crippen LogP contribution in [0.25, 0.3) is 0 Å². The fraction of sp³-hybridized carbons (Fsp3) is 0.200. The number of benzene rings is 2. The first-order valence-corrected chi connectivity index (χ1v) is 7.38. The van der Waals surface area contributed by atoms with E-state index in [9.17, 15) is 0 Å². The Morgan fingerprint density at radius 2 is 1.10 bits per heavy atom. The first-order valence-electron chi connectivity index (χ1n) is 7.38. The molecule has 0 saturated heterocycles. The van der Waals surface area contributed by atoms with E-state index < -0.39 is 0 Å². The molecule has 0 radical (unpaired) electrons. The lowest BCUT2D eigenvalue weighted by atomic mass is 10.1. The molecule has 2 rings (SSSR count). The van der Waals surface area contributed by atoms with Crippen LogP contribution >= 0.6 is 0 Å². The zero-order valence-electron chi connectivity index (χ0n) is 12.8. The van der Waals surface area contributed by atoms with Gasteiger partial charge in [-0.2, -0.15) is 0 Å². The van der Waals surface area contributed by atoms with Crippen molar-refractivity contribution in [2.75, 3.05) is 0 Å². The highest BCUT2D eigenvalue weighted by Crippen LogP contribution is 2.16. The van der Waals surface area contributed by atoms with Crippen molar-refractivity contribution in [3.63, 3.8) is 0 Å². The maximum Gasteiger partial charge on any atom is 0.104 e. The summed E-state index contributed by atoms with van der Waals surface area (Å²) in [5.74, 6) is 1.98. The van der Waals surface area contributed by atoms with Crippen molar-refractivity contribution in [3.05, 3.63) is 95.5 Å². The van der Waals surface area contributed by atoms with Crippen molar-refractivity contribution in [1.29, 1.82) is 0 Å². The lowest BCUT2D eigenvalue weighted by Crippen LogP contribution is -2.00. The average molecular weight is 278 g/mol. The molecule has 2 aromatic rings. The maximum absolute atomic E-state index is 6.08. The molecule has 0 fully saturated rings. The molecule has 0 aliphatic rings. The number of ether oxygens (including phenoxy) is 1. The number of allylic oxidation sites excluding steroid dienone is 4. The van der Waals surface area contributed by atoms with Crippen LogP contribution in [0, 0.1) is 0 Å². The van der Waals surface area contributed by atoms with Gasteiger partial charge in [-0.15, -0.1) is 0 Å². The van der Waals surface area contributed by atoms with E-state index in [0.29, 0.717) is 0 Å². The fourth-order valence-corrected chi connectivity index (χ4v) is 2.16. The van der Waals surface area contributed by atoms with Gasteiger partial charge in [-0.1, -0.05) is 60.7 Å². The molecule has 0 saturated carbocycles. The number of hydrogen-bond donors (Lipinski definition) is 0. The first-order chi connectivity index (χ1) is 10.3. The van der Waals surface area contributed by atoms with Crippen LogP contribution in [0.3, 0.4) is 0 Å². The van der Waals surface area contributed by atoms with Gasteiger partial charge in [0, 0.05) is 12.8 Å². The Kier molecular flexibility index (Phi) is 5.83. The molecule has 0 unspecified atom stereocenters. The Morgan fingerprint density at radius 3 is 1.43 bits per heavy atom. The lowest BCUT2D eigenvalue weighted by molar-refractivity contribution is 0.287. The van der Waals surface area contributed by atoms with Gasteiger partial charge in [0.25, 0.3) is 0 Å². The summed E-state index contributed by atoms with van der Waals surface area (Å²) >= 11 is 0. The Hall–Kier alpha value is -2.28. The van der Waals surface area contributed by atoms with E-state index in [4.69, 9.17) is 4.74 Å². The molecule has 0 atom stereocenters. The van der Waals surface area contributed by atoms with Gasteiger partial charge < -0.3 is 4.74 Å². The van der Waals surface area contributed by atoms with Crippen LogP contribution in [0.15, 0.2) is 84.3 Å². The molecule has 108 valence electrons. The van der Waals surface area contributed by atoms with Gasteiger partial charge in [-0.05, 0) is 37.1 Å². The van der Waals surface area contributed by atoms with E-state index in [1.54, 1.807) is 0 Å². The van der Waals surface area contributed by atoms with E-state index in [1.807, 2.05) is 38.1 Å². The summed E-state index contributed by atoms with van der Waals surface area (Å²) in [4.78, 5) is 0. The molecule has 0 bridgehead atoms. The van der Waals surface area contributed by atoms with Crippen molar-refractivity contribution >= 4 is 0 Å². The van der Waals surface area contributed by atoms with Crippen molar-refractivity contribution < 1.29 is 4.74 Å². The zero-order chi connectivity index (χ0) is 14.9. The Balaban J connectivity index is 2.00. The van der Waals surface area contributed by atoms with Crippen LogP contribution in [-0.4, -0.2) is 0 Å². The average Bonchev–Trinajstić information content (AvgIpc) is 2.55. The van der Waals surface area contributed by atoms with Gasteiger partial charge in [-0.25, -0.2) is 0 Å². The van der Waals surface area contributed by atoms with Gasteiger partial charge in [0.15, 0.2) is 0 Å². The molecule has 0 N–H and O–H groups in total. The van der Waals surface area contributed by atoms with Crippen molar-refractivity contribution in [3.8, 4) is 0 Å². The van der Waals surface area contributed by atoms with Crippen LogP contribution in [0.1, 0.15) is 25.0 Å². The second kappa shape index (κ2) is 8.11. The normalized spacial score (nSPS) is 12.3. The third-order valence-corrected chi connectivity index (χ3v) is 3.35. The van der Waals surface area contributed by atoms with Crippen molar-refractivity contribution in [1.82, 2.24) is 0 Å². The van der Waals surface area contributed by atoms with E-state index in [1.165, 1.54) is 11.1 Å². The molecule has 1 nitrogen and oxygen atoms in total. The van der Waals surface area contributed by atoms with Crippen molar-refractivity contribution in [2.45, 2.75) is 26.7 Å². The van der Waals surface area contributed by atoms with Crippen LogP contribution < -0.4 is 0 Å². The number of hydrogen-bond acceptors (Lipinski definition) is 1. The summed E-state index contributed by atoms with van der Waals surface area (Å²) < 4.78 is 6.08. The molecule has 0 aliphatic heterocycles. The predicted molar refractivity (Wildman–Crippen MR) is 88.9 cm³/mol. The summed E-state index contributed by atoms with van der Waals surface area (Å²) in [6, 6.07) is 20.8. The predicted octanol–water partition coefficient (Wildman–Crippen LogP) is 5.30. The quantitative estimate of drug-likeness (QED) is 0.652. The number of rotatable bonds is 6. The molecule has 0 aromatic heterocycles. The summed E-state index contributed by atoms with van der Waals surface area (Å²) in [7, 11) is 0. The molecule has 0 spiro atoms. The summed E-state index contributed by atoms with van der Waals surface area (Å²) in [5.41, 5.74) is 2.53. The zero-order valence-corrected chi connectivity index (χ0v) is 12.8. The SMILES string of the molecule is CC=C(Cc1ccccc1)OC(=CC)Cc1ccccc1. The molecule has 2 aromatic carbocycles. The fourth-order valence-electron chi connectivity index (χ4n) is 2.16. The van der Waals surface area contributed by atoms with E-state index >= 15 is 0 Å². The molecule has 0 heterocycles. The summed E-state index contributed by atoms with van der Waals surface area (Å²) in [6.07, 6.45) is 5.73. The standard InChI is InChI=1S/C20H22O/c1-3-19(15-17-11-7-5-8-12-17)21-20(4-2)16-18-13-9-6-10-14-18/h3-14H,15-16H2,1-2H3. The van der Waals surface area contributed by atoms with E-state index in [0.717, 1.165) is 24.4 Å². The molecular formula is C20H22O. The molecule has 1 heteroatoms. The smallest absolute Gasteiger partial charge is 0.104 e. The van der Waals surface area contributed by atoms with Crippen LogP contribution in [0.2, 0.25) is 0 Å². The monoisotopic (exact) mass is 278 g/mol. The highest BCUT2D eigenvalue weighted by molar-refractivity contribution is 5.22. The van der Waals surface area contributed by atoms with Crippen LogP contribution in [0.5, 0.6) is 0 Å². The highest BCUT2D eigenvalue weighted by Gasteiger charge is 2.05. The Bertz CT molecular complexity index is 539. The van der Waals surface area contributed by atoms with Crippen LogP contribution in [-0.2, 0) is 17.6 Å². The topological polar surface area (TPSA) is 9.23 Å². The minimum Gasteiger partial charge on any atom is -0.466 e. The van der Waals surface area contributed by atoms with Gasteiger partial charge >= 0.3 is 0 Å². The molecule has 0 aliphatic carbocycles. The molecule has 0 amide bonds. The minimum atomic E-state index is 0.823. The summed E-state index contributed by atoms with van der Waals surface area (Å²) in [5, 5.41) is 0. The second-order valence-electron chi connectivity index (χ2n) is 4.94. The molecule has 21 heavy (non-hydrogen) atoms. The van der Waals surface area contributed by atoms with Crippen LogP contribution in [0.4, 0.5) is 0 Å². The van der Waals surface area contributed by atoms with Crippen molar-refractivity contribution in [2.24, 2.45) is 0 Å². The van der Waals surface area contributed by atoms with Gasteiger partial charge in [-0.3, -0.25) is 0 Å². The highest BCUT2D eigenvalue weighted by atomic mass is 16.5. The van der Waals surface area contributed by atoms with E-state index in [-0.39, 0.29) is 0 Å². The minimum absolute atomic E-state index is 0.823. The molecular weight excluding hydrogens is 256 g/mol. The Labute approximate surface area is 127 Å². The third kappa shape index (κ3) is 4.96. The first kappa shape index (κ1) is 15.1. The third-order valence-electron chi connectivity index (χ3n) is 3.35. The van der Waals surface area contributed by atoms with Gasteiger partial charge in [0.1, 0.15) is 11.5 Å². The second-order valence-corrected chi connectivity index (χ2v) is 4.94. The van der Waals surface area contributed by atoms with Gasteiger partial charge in [0.2, 0.25) is 0 Å². The maximum atomic E-state index is 6.08. The summed E-state index contributed by atoms with van der Waals surface area (Å²) in [6.45, 7) is 4.04. The lowest BCUT2D eigenvalue weighted by Gasteiger charge is -2.13. The van der Waals surface area contributed by atoms with E-state index in [2.05, 4.69) is 48.5 Å². The largest absolute Gasteiger partial charge is 0.466 e. The van der Waals surface area contributed by atoms with Gasteiger partial charge in [0.05, 0.1) is 0 Å².